The molecule has 2 saturated heterocycles. The monoisotopic (exact) mass is 754 g/mol. The van der Waals surface area contributed by atoms with Gasteiger partial charge in [-0.15, -0.1) is 11.8 Å². The molecule has 4 N–H and O–H groups in total. The minimum atomic E-state index is -1.48. The molecule has 0 amide bonds. The highest BCUT2D eigenvalue weighted by molar-refractivity contribution is 7.99. The Morgan fingerprint density at radius 1 is 1.09 bits per heavy atom. The number of aryl methyl sites for hydroxylation is 1. The van der Waals surface area contributed by atoms with Gasteiger partial charge in [0.2, 0.25) is 6.79 Å². The number of nitrogens with zero attached hydrogens (tertiary/aromatic N) is 2. The lowest BCUT2D eigenvalue weighted by molar-refractivity contribution is -0.215. The number of ether oxygens (including phenoxy) is 5. The number of thioether (sulfide) groups is 1. The zero-order valence-corrected chi connectivity index (χ0v) is 31.5. The fourth-order valence-corrected chi connectivity index (χ4v) is 12.2. The number of aromatic hydroxyl groups is 1. The van der Waals surface area contributed by atoms with Gasteiger partial charge in [-0.05, 0) is 50.1 Å². The molecule has 54 heavy (non-hydrogen) atoms. The third kappa shape index (κ3) is 4.42. The number of carbonyl (C=O) groups excluding carboxylic acids is 2. The van der Waals surface area contributed by atoms with Gasteiger partial charge < -0.3 is 38.9 Å². The average molecular weight is 755 g/mol. The van der Waals surface area contributed by atoms with Gasteiger partial charge >= 0.3 is 11.9 Å². The highest BCUT2D eigenvalue weighted by Gasteiger charge is 2.63. The number of aromatic amines is 1. The summed E-state index contributed by atoms with van der Waals surface area (Å²) in [6.45, 7) is 5.75. The van der Waals surface area contributed by atoms with Crippen LogP contribution in [-0.4, -0.2) is 95.1 Å². The van der Waals surface area contributed by atoms with Crippen LogP contribution in [0.1, 0.15) is 68.9 Å². The minimum absolute atomic E-state index is 0.0373. The molecule has 3 aromatic carbocycles. The second-order valence-electron chi connectivity index (χ2n) is 15.5. The first-order valence-electron chi connectivity index (χ1n) is 18.4. The molecule has 1 spiro atoms. The number of aromatic nitrogens is 1. The molecule has 0 saturated carbocycles. The SMILES string of the molecule is COc1c(C)cc2c(c1O)[C@H]1C3[C@@H]4SC[C@]5(NCCc6c5[nH]c5ccccc65)C(=O)OC[C@@H](c5c6c(c(C)c(OC(C)=O)c54)OCO6)N3C(O)(C2)CN1C. The molecule has 9 heterocycles. The summed E-state index contributed by atoms with van der Waals surface area (Å²) in [7, 11) is 3.51. The van der Waals surface area contributed by atoms with Crippen molar-refractivity contribution >= 4 is 34.6 Å². The topological polar surface area (TPSA) is 155 Å². The molecule has 7 atom stereocenters. The van der Waals surface area contributed by atoms with Gasteiger partial charge in [0.1, 0.15) is 18.1 Å². The number of hydrogen-bond donors (Lipinski definition) is 4. The number of likely N-dealkylation sites (N-methyl/N-ethyl adjacent to an activating group) is 1. The van der Waals surface area contributed by atoms with Crippen LogP contribution in [0.25, 0.3) is 10.9 Å². The zero-order chi connectivity index (χ0) is 37.4. The van der Waals surface area contributed by atoms with Crippen LogP contribution < -0.4 is 24.3 Å². The average Bonchev–Trinajstić information content (AvgIpc) is 3.73. The maximum Gasteiger partial charge on any atom is 0.333 e. The molecule has 12 rings (SSSR count). The second-order valence-corrected chi connectivity index (χ2v) is 16.6. The Balaban J connectivity index is 1.25. The normalized spacial score (nSPS) is 30.6. The molecule has 3 unspecified atom stereocenters. The van der Waals surface area contributed by atoms with E-state index >= 15 is 0 Å². The quantitative estimate of drug-likeness (QED) is 0.171. The third-order valence-electron chi connectivity index (χ3n) is 12.5. The van der Waals surface area contributed by atoms with Crippen LogP contribution in [-0.2, 0) is 32.7 Å². The first-order valence-corrected chi connectivity index (χ1v) is 19.4. The van der Waals surface area contributed by atoms with Crippen molar-refractivity contribution in [3.63, 3.8) is 0 Å². The van der Waals surface area contributed by atoms with Crippen molar-refractivity contribution in [2.45, 2.75) is 68.3 Å². The standard InChI is InChI=1S/C40H42N4O9S/c1-18-12-21-13-39(48)15-43(4)29(26(21)31(46)32(18)49-5)30-36-28-27(35-34(51-17-52-35)19(2)33(28)53-20(3)45)25(44(30)39)14-50-38(47)40(16-54-36)37-23(10-11-41-40)22-8-6-7-9-24(22)42-37/h6-9,12,25,29-30,36,41-42,46,48H,10-11,13-17H2,1-5H3/t25-,29-,30?,36+,39?,40+/m0/s1. The number of rotatable bonds is 2. The number of phenolic OH excluding ortho intramolecular Hbond substituents is 1. The summed E-state index contributed by atoms with van der Waals surface area (Å²) in [6, 6.07) is 8.33. The van der Waals surface area contributed by atoms with Crippen LogP contribution in [0, 0.1) is 13.8 Å². The lowest BCUT2D eigenvalue weighted by Gasteiger charge is -2.60. The van der Waals surface area contributed by atoms with Crippen molar-refractivity contribution in [1.29, 1.82) is 0 Å². The van der Waals surface area contributed by atoms with E-state index in [-0.39, 0.29) is 37.9 Å². The lowest BCUT2D eigenvalue weighted by Crippen LogP contribution is -2.70. The van der Waals surface area contributed by atoms with Crippen molar-refractivity contribution in [3.05, 3.63) is 75.0 Å². The van der Waals surface area contributed by atoms with E-state index in [1.807, 2.05) is 45.2 Å². The molecule has 14 heteroatoms. The second kappa shape index (κ2) is 11.8. The number of phenols is 1. The van der Waals surface area contributed by atoms with Crippen LogP contribution in [0.5, 0.6) is 28.7 Å². The maximum atomic E-state index is 14.8. The van der Waals surface area contributed by atoms with E-state index in [1.54, 1.807) is 18.9 Å². The Morgan fingerprint density at radius 2 is 1.89 bits per heavy atom. The Kier molecular flexibility index (Phi) is 7.42. The Bertz CT molecular complexity index is 2310. The van der Waals surface area contributed by atoms with Gasteiger partial charge in [-0.3, -0.25) is 19.9 Å². The molecule has 2 fully saturated rings. The molecule has 13 nitrogen and oxygen atoms in total. The first kappa shape index (κ1) is 34.1. The van der Waals surface area contributed by atoms with E-state index in [4.69, 9.17) is 23.7 Å². The van der Waals surface area contributed by atoms with Crippen LogP contribution in [0.4, 0.5) is 0 Å². The summed E-state index contributed by atoms with van der Waals surface area (Å²) in [6.07, 6.45) is 0.933. The summed E-state index contributed by atoms with van der Waals surface area (Å²) >= 11 is 1.54. The number of aliphatic hydroxyl groups is 1. The minimum Gasteiger partial charge on any atom is -0.504 e. The molecular weight excluding hydrogens is 713 g/mol. The number of methoxy groups -OCH3 is 1. The van der Waals surface area contributed by atoms with Crippen LogP contribution in [0.2, 0.25) is 0 Å². The summed E-state index contributed by atoms with van der Waals surface area (Å²) in [5.41, 5.74) is 4.35. The predicted octanol–water partition coefficient (Wildman–Crippen LogP) is 4.18. The number of fused-ring (bicyclic) bond motifs is 8. The number of hydrogen-bond acceptors (Lipinski definition) is 13. The molecule has 282 valence electrons. The van der Waals surface area contributed by atoms with Gasteiger partial charge in [0.25, 0.3) is 0 Å². The summed E-state index contributed by atoms with van der Waals surface area (Å²) in [5, 5.41) is 29.3. The van der Waals surface area contributed by atoms with E-state index in [9.17, 15) is 19.8 Å². The smallest absolute Gasteiger partial charge is 0.333 e. The Morgan fingerprint density at radius 3 is 2.69 bits per heavy atom. The summed E-state index contributed by atoms with van der Waals surface area (Å²) < 4.78 is 30.7. The van der Waals surface area contributed by atoms with Crippen molar-refractivity contribution in [2.24, 2.45) is 0 Å². The van der Waals surface area contributed by atoms with E-state index in [2.05, 4.69) is 26.2 Å². The number of piperazine rings is 1. The fourth-order valence-electron chi connectivity index (χ4n) is 10.5. The number of esters is 2. The lowest BCUT2D eigenvalue weighted by atomic mass is 9.78. The molecule has 0 aliphatic carbocycles. The molecule has 0 radical (unpaired) electrons. The number of carbonyl (C=O) groups is 2. The number of para-hydroxylation sites is 1. The van der Waals surface area contributed by atoms with Gasteiger partial charge in [0.15, 0.2) is 28.5 Å². The van der Waals surface area contributed by atoms with Crippen molar-refractivity contribution in [2.75, 3.05) is 46.4 Å². The predicted molar refractivity (Wildman–Crippen MR) is 198 cm³/mol. The van der Waals surface area contributed by atoms with Crippen LogP contribution in [0.15, 0.2) is 30.3 Å². The van der Waals surface area contributed by atoms with Crippen molar-refractivity contribution in [1.82, 2.24) is 20.1 Å². The van der Waals surface area contributed by atoms with Crippen molar-refractivity contribution < 1.29 is 43.5 Å². The van der Waals surface area contributed by atoms with Crippen LogP contribution in [0.3, 0.4) is 0 Å². The molecule has 1 aromatic heterocycles. The molecule has 4 bridgehead atoms. The van der Waals surface area contributed by atoms with Gasteiger partial charge in [-0.1, -0.05) is 24.3 Å². The van der Waals surface area contributed by atoms with Crippen LogP contribution >= 0.6 is 11.8 Å². The first-order chi connectivity index (χ1) is 26.0. The largest absolute Gasteiger partial charge is 0.504 e. The molecule has 8 aliphatic rings. The molecule has 8 aliphatic heterocycles. The summed E-state index contributed by atoms with van der Waals surface area (Å²) in [4.78, 5) is 35.5. The number of benzene rings is 3. The third-order valence-corrected chi connectivity index (χ3v) is 13.9. The fraction of sp³-hybridized carbons (Fsp3) is 0.450. The molecular formula is C40H42N4O9S. The van der Waals surface area contributed by atoms with E-state index in [0.717, 1.165) is 45.3 Å². The Hall–Kier alpha value is -4.47. The number of H-pyrrole nitrogens is 1. The Labute approximate surface area is 315 Å². The zero-order valence-electron chi connectivity index (χ0n) is 30.7. The van der Waals surface area contributed by atoms with Gasteiger partial charge in [-0.2, -0.15) is 0 Å². The van der Waals surface area contributed by atoms with Gasteiger partial charge in [0, 0.05) is 71.4 Å². The molecule has 4 aromatic rings. The van der Waals surface area contributed by atoms with E-state index in [1.165, 1.54) is 6.92 Å². The van der Waals surface area contributed by atoms with Crippen molar-refractivity contribution in [3.8, 4) is 28.7 Å². The highest BCUT2D eigenvalue weighted by Crippen LogP contribution is 2.65. The van der Waals surface area contributed by atoms with Gasteiger partial charge in [-0.25, -0.2) is 4.79 Å². The maximum absolute atomic E-state index is 14.8. The summed E-state index contributed by atoms with van der Waals surface area (Å²) in [5.74, 6) is 1.07. The highest BCUT2D eigenvalue weighted by atomic mass is 32.2. The van der Waals surface area contributed by atoms with E-state index < -0.39 is 46.6 Å². The van der Waals surface area contributed by atoms with Gasteiger partial charge in [0.05, 0.1) is 30.1 Å². The number of nitrogens with one attached hydrogen (secondary N) is 2. The van der Waals surface area contributed by atoms with E-state index in [0.29, 0.717) is 46.2 Å².